The first-order chi connectivity index (χ1) is 16.0. The first kappa shape index (κ1) is 22.8. The average Bonchev–Trinajstić information content (AvgIpc) is 2.88. The molecule has 1 aliphatic heterocycles. The highest BCUT2D eigenvalue weighted by Gasteiger charge is 2.30. The van der Waals surface area contributed by atoms with Gasteiger partial charge < -0.3 is 19.1 Å². The Hall–Kier alpha value is -3.37. The molecule has 174 valence electrons. The van der Waals surface area contributed by atoms with Crippen LogP contribution >= 0.6 is 0 Å². The molecule has 1 fully saturated rings. The summed E-state index contributed by atoms with van der Waals surface area (Å²) in [4.78, 5) is 2.21. The highest BCUT2D eigenvalue weighted by atomic mass is 32.2. The number of aromatic nitrogens is 2. The molecule has 2 aromatic carbocycles. The van der Waals surface area contributed by atoms with Gasteiger partial charge in [-0.3, -0.25) is 0 Å². The molecule has 33 heavy (non-hydrogen) atoms. The highest BCUT2D eigenvalue weighted by molar-refractivity contribution is 7.89. The molecule has 0 bridgehead atoms. The van der Waals surface area contributed by atoms with E-state index in [0.717, 1.165) is 17.0 Å². The van der Waals surface area contributed by atoms with Gasteiger partial charge in [0, 0.05) is 37.8 Å². The van der Waals surface area contributed by atoms with Crippen LogP contribution in [0.5, 0.6) is 17.2 Å². The van der Waals surface area contributed by atoms with Crippen molar-refractivity contribution in [2.45, 2.75) is 4.90 Å². The van der Waals surface area contributed by atoms with E-state index in [0.29, 0.717) is 43.5 Å². The first-order valence-electron chi connectivity index (χ1n) is 10.4. The number of ether oxygens (including phenoxy) is 3. The Labute approximate surface area is 193 Å². The number of nitrogens with zero attached hydrogens (tertiary/aromatic N) is 4. The molecule has 4 rings (SSSR count). The van der Waals surface area contributed by atoms with Crippen LogP contribution in [0.4, 0.5) is 5.82 Å². The molecular weight excluding hydrogens is 444 g/mol. The number of hydrogen-bond acceptors (Lipinski definition) is 8. The van der Waals surface area contributed by atoms with Gasteiger partial charge in [0.15, 0.2) is 17.3 Å². The summed E-state index contributed by atoms with van der Waals surface area (Å²) >= 11 is 0. The van der Waals surface area contributed by atoms with Crippen LogP contribution in [-0.2, 0) is 10.0 Å². The van der Waals surface area contributed by atoms with Crippen LogP contribution in [0.2, 0.25) is 0 Å². The fourth-order valence-electron chi connectivity index (χ4n) is 3.71. The molecule has 3 aromatic rings. The maximum absolute atomic E-state index is 13.1. The van der Waals surface area contributed by atoms with E-state index in [-0.39, 0.29) is 4.90 Å². The van der Waals surface area contributed by atoms with Gasteiger partial charge in [0.2, 0.25) is 10.0 Å². The third-order valence-corrected chi connectivity index (χ3v) is 7.47. The van der Waals surface area contributed by atoms with Gasteiger partial charge in [0.1, 0.15) is 5.75 Å². The molecule has 2 heterocycles. The van der Waals surface area contributed by atoms with Crippen LogP contribution in [0.15, 0.2) is 59.5 Å². The number of methoxy groups -OCH3 is 3. The van der Waals surface area contributed by atoms with E-state index in [1.54, 1.807) is 13.2 Å². The lowest BCUT2D eigenvalue weighted by Gasteiger charge is -2.34. The maximum Gasteiger partial charge on any atom is 0.243 e. The Kier molecular flexibility index (Phi) is 6.66. The molecule has 0 spiro atoms. The largest absolute Gasteiger partial charge is 0.497 e. The fraction of sp³-hybridized carbons (Fsp3) is 0.304. The molecule has 0 N–H and O–H groups in total. The Morgan fingerprint density at radius 1 is 0.788 bits per heavy atom. The van der Waals surface area contributed by atoms with E-state index in [1.165, 1.54) is 30.7 Å². The normalized spacial score (nSPS) is 14.7. The lowest BCUT2D eigenvalue weighted by molar-refractivity contribution is 0.353. The Bertz CT molecular complexity index is 1210. The zero-order chi connectivity index (χ0) is 23.4. The lowest BCUT2D eigenvalue weighted by Crippen LogP contribution is -2.49. The second kappa shape index (κ2) is 9.63. The molecule has 1 aliphatic rings. The van der Waals surface area contributed by atoms with Crippen LogP contribution in [0, 0.1) is 0 Å². The van der Waals surface area contributed by atoms with Crippen LogP contribution < -0.4 is 19.1 Å². The van der Waals surface area contributed by atoms with E-state index >= 15 is 0 Å². The molecule has 9 nitrogen and oxygen atoms in total. The van der Waals surface area contributed by atoms with Crippen molar-refractivity contribution in [1.82, 2.24) is 14.5 Å². The molecule has 0 saturated carbocycles. The molecule has 0 unspecified atom stereocenters. The van der Waals surface area contributed by atoms with Gasteiger partial charge in [0.05, 0.1) is 31.9 Å². The topological polar surface area (TPSA) is 94.1 Å². The Balaban J connectivity index is 1.44. The van der Waals surface area contributed by atoms with Crippen LogP contribution in [-0.4, -0.2) is 70.4 Å². The third-order valence-electron chi connectivity index (χ3n) is 5.57. The van der Waals surface area contributed by atoms with Gasteiger partial charge in [-0.2, -0.15) is 4.31 Å². The lowest BCUT2D eigenvalue weighted by atomic mass is 10.1. The van der Waals surface area contributed by atoms with Crippen molar-refractivity contribution in [2.75, 3.05) is 52.4 Å². The molecular formula is C23H26N4O5S. The zero-order valence-corrected chi connectivity index (χ0v) is 19.6. The summed E-state index contributed by atoms with van der Waals surface area (Å²) < 4.78 is 43.4. The Morgan fingerprint density at radius 3 is 2.18 bits per heavy atom. The van der Waals surface area contributed by atoms with E-state index in [2.05, 4.69) is 10.2 Å². The van der Waals surface area contributed by atoms with Crippen molar-refractivity contribution >= 4 is 15.8 Å². The minimum Gasteiger partial charge on any atom is -0.497 e. The van der Waals surface area contributed by atoms with Crippen molar-refractivity contribution in [3.8, 4) is 28.5 Å². The number of rotatable bonds is 7. The maximum atomic E-state index is 13.1. The van der Waals surface area contributed by atoms with Gasteiger partial charge >= 0.3 is 0 Å². The van der Waals surface area contributed by atoms with Crippen molar-refractivity contribution in [1.29, 1.82) is 0 Å². The molecule has 0 aliphatic carbocycles. The predicted molar refractivity (Wildman–Crippen MR) is 125 cm³/mol. The molecule has 10 heteroatoms. The van der Waals surface area contributed by atoms with Crippen molar-refractivity contribution in [3.63, 3.8) is 0 Å². The minimum atomic E-state index is -3.65. The van der Waals surface area contributed by atoms with E-state index in [1.807, 2.05) is 41.3 Å². The van der Waals surface area contributed by atoms with Gasteiger partial charge in [0.25, 0.3) is 0 Å². The average molecular weight is 471 g/mol. The second-order valence-corrected chi connectivity index (χ2v) is 9.35. The van der Waals surface area contributed by atoms with Gasteiger partial charge in [-0.15, -0.1) is 10.2 Å². The summed E-state index contributed by atoms with van der Waals surface area (Å²) in [6, 6.07) is 16.1. The quantitative estimate of drug-likeness (QED) is 0.520. The summed E-state index contributed by atoms with van der Waals surface area (Å²) in [6.07, 6.45) is 0. The van der Waals surface area contributed by atoms with Gasteiger partial charge in [-0.05, 0) is 36.4 Å². The van der Waals surface area contributed by atoms with E-state index in [9.17, 15) is 8.42 Å². The summed E-state index contributed by atoms with van der Waals surface area (Å²) in [7, 11) is 0.964. The number of benzene rings is 2. The summed E-state index contributed by atoms with van der Waals surface area (Å²) in [5.74, 6) is 2.33. The van der Waals surface area contributed by atoms with Crippen LogP contribution in [0.1, 0.15) is 0 Å². The van der Waals surface area contributed by atoms with Crippen LogP contribution in [0.3, 0.4) is 0 Å². The third kappa shape index (κ3) is 4.71. The van der Waals surface area contributed by atoms with Gasteiger partial charge in [-0.1, -0.05) is 12.1 Å². The number of anilines is 1. The SMILES string of the molecule is COc1cccc(-c2ccc(N3CCN(S(=O)(=O)c4ccc(OC)c(OC)c4)CC3)nn2)c1. The van der Waals surface area contributed by atoms with Crippen molar-refractivity contribution in [3.05, 3.63) is 54.6 Å². The highest BCUT2D eigenvalue weighted by Crippen LogP contribution is 2.31. The smallest absolute Gasteiger partial charge is 0.243 e. The molecule has 0 amide bonds. The zero-order valence-electron chi connectivity index (χ0n) is 18.8. The summed E-state index contributed by atoms with van der Waals surface area (Å²) in [5, 5.41) is 8.70. The first-order valence-corrected chi connectivity index (χ1v) is 11.9. The molecule has 1 saturated heterocycles. The van der Waals surface area contributed by atoms with Gasteiger partial charge in [-0.25, -0.2) is 8.42 Å². The predicted octanol–water partition coefficient (Wildman–Crippen LogP) is 2.68. The molecule has 1 aromatic heterocycles. The molecule has 0 radical (unpaired) electrons. The fourth-order valence-corrected chi connectivity index (χ4v) is 5.15. The standard InChI is InChI=1S/C23H26N4O5S/c1-30-18-6-4-5-17(15-18)20-8-10-23(25-24-20)26-11-13-27(14-12-26)33(28,29)19-7-9-21(31-2)22(16-19)32-3/h4-10,15-16H,11-14H2,1-3H3. The van der Waals surface area contributed by atoms with Crippen molar-refractivity contribution < 1.29 is 22.6 Å². The van der Waals surface area contributed by atoms with Crippen LogP contribution in [0.25, 0.3) is 11.3 Å². The second-order valence-electron chi connectivity index (χ2n) is 7.42. The number of hydrogen-bond donors (Lipinski definition) is 0. The minimum absolute atomic E-state index is 0.177. The van der Waals surface area contributed by atoms with E-state index < -0.39 is 10.0 Å². The molecule has 0 atom stereocenters. The summed E-state index contributed by atoms with van der Waals surface area (Å²) in [5.41, 5.74) is 1.66. The number of piperazine rings is 1. The van der Waals surface area contributed by atoms with E-state index in [4.69, 9.17) is 14.2 Å². The monoisotopic (exact) mass is 470 g/mol. The number of sulfonamides is 1. The summed E-state index contributed by atoms with van der Waals surface area (Å²) in [6.45, 7) is 1.71. The van der Waals surface area contributed by atoms with Crippen molar-refractivity contribution in [2.24, 2.45) is 0 Å². The Morgan fingerprint density at radius 2 is 1.55 bits per heavy atom.